The Balaban J connectivity index is 1.68. The van der Waals surface area contributed by atoms with E-state index in [1.54, 1.807) is 49.6 Å². The zero-order chi connectivity index (χ0) is 19.4. The molecule has 0 radical (unpaired) electrons. The van der Waals surface area contributed by atoms with Crippen molar-refractivity contribution in [3.05, 3.63) is 59.8 Å². The standard InChI is InChI=1S/C21H22N2O4/c1-13(2)18-11-20(24)23-19-9-14(7-8-17(18)19)22-21(25)12-27-16-6-4-5-15(10-16)26-3/h4-11,13,17H,12H2,1-3H3,(H,23,24). The summed E-state index contributed by atoms with van der Waals surface area (Å²) in [4.78, 5) is 28.1. The number of carbonyl (C=O) groups excluding carboxylic acids is 2. The van der Waals surface area contributed by atoms with Gasteiger partial charge in [0.25, 0.3) is 5.91 Å². The predicted octanol–water partition coefficient (Wildman–Crippen LogP) is 2.82. The van der Waals surface area contributed by atoms with Crippen LogP contribution in [-0.2, 0) is 9.59 Å². The van der Waals surface area contributed by atoms with Crippen molar-refractivity contribution < 1.29 is 19.1 Å². The number of allylic oxidation sites excluding steroid dienone is 3. The van der Waals surface area contributed by atoms with Crippen LogP contribution in [0, 0.1) is 11.8 Å². The molecular formula is C21H22N2O4. The third-order valence-corrected chi connectivity index (χ3v) is 4.35. The maximum absolute atomic E-state index is 12.1. The normalized spacial score (nSPS) is 19.9. The smallest absolute Gasteiger partial charge is 0.284 e. The molecule has 0 saturated heterocycles. The van der Waals surface area contributed by atoms with Gasteiger partial charge >= 0.3 is 0 Å². The van der Waals surface area contributed by atoms with Gasteiger partial charge in [0, 0.05) is 23.8 Å². The van der Waals surface area contributed by atoms with Gasteiger partial charge in [-0.3, -0.25) is 9.59 Å². The highest BCUT2D eigenvalue weighted by molar-refractivity contribution is 6.11. The van der Waals surface area contributed by atoms with Gasteiger partial charge in [-0.25, -0.2) is 4.99 Å². The van der Waals surface area contributed by atoms with Crippen LogP contribution in [0.3, 0.4) is 0 Å². The molecule has 27 heavy (non-hydrogen) atoms. The molecule has 0 fully saturated rings. The zero-order valence-corrected chi connectivity index (χ0v) is 15.6. The second-order valence-electron chi connectivity index (χ2n) is 6.62. The Kier molecular flexibility index (Phi) is 5.54. The molecule has 140 valence electrons. The summed E-state index contributed by atoms with van der Waals surface area (Å²) in [6.45, 7) is 3.93. The van der Waals surface area contributed by atoms with Crippen LogP contribution in [0.2, 0.25) is 0 Å². The van der Waals surface area contributed by atoms with E-state index in [9.17, 15) is 9.59 Å². The number of hydrogen-bond donors (Lipinski definition) is 1. The fourth-order valence-electron chi connectivity index (χ4n) is 3.03. The van der Waals surface area contributed by atoms with Gasteiger partial charge in [-0.1, -0.05) is 26.0 Å². The molecule has 6 heteroatoms. The van der Waals surface area contributed by atoms with Gasteiger partial charge in [-0.05, 0) is 35.8 Å². The summed E-state index contributed by atoms with van der Waals surface area (Å²) in [7, 11) is 1.57. The first-order valence-electron chi connectivity index (χ1n) is 8.77. The number of amides is 2. The number of benzene rings is 1. The van der Waals surface area contributed by atoms with Crippen molar-refractivity contribution >= 4 is 17.5 Å². The lowest BCUT2D eigenvalue weighted by atomic mass is 9.82. The third-order valence-electron chi connectivity index (χ3n) is 4.35. The van der Waals surface area contributed by atoms with E-state index in [-0.39, 0.29) is 24.3 Å². The quantitative estimate of drug-likeness (QED) is 0.869. The van der Waals surface area contributed by atoms with Crippen LogP contribution in [0.5, 0.6) is 11.5 Å². The molecule has 1 heterocycles. The first-order chi connectivity index (χ1) is 13.0. The fourth-order valence-corrected chi connectivity index (χ4v) is 3.03. The van der Waals surface area contributed by atoms with E-state index in [1.807, 2.05) is 6.08 Å². The molecule has 3 rings (SSSR count). The number of nitrogens with one attached hydrogen (secondary N) is 1. The number of methoxy groups -OCH3 is 1. The van der Waals surface area contributed by atoms with E-state index >= 15 is 0 Å². The Labute approximate surface area is 158 Å². The largest absolute Gasteiger partial charge is 0.497 e. The van der Waals surface area contributed by atoms with E-state index < -0.39 is 5.91 Å². The highest BCUT2D eigenvalue weighted by Gasteiger charge is 2.27. The topological polar surface area (TPSA) is 77.0 Å². The SMILES string of the molecule is COc1cccc(OCC(=O)N=C2C=CC3C(=C2)NC(=O)C=C3C(C)C)c1. The van der Waals surface area contributed by atoms with Gasteiger partial charge in [0.1, 0.15) is 11.5 Å². The maximum Gasteiger partial charge on any atom is 0.284 e. The van der Waals surface area contributed by atoms with Crippen LogP contribution in [-0.4, -0.2) is 31.2 Å². The molecule has 1 aromatic carbocycles. The monoisotopic (exact) mass is 366 g/mol. The minimum Gasteiger partial charge on any atom is -0.497 e. The summed E-state index contributed by atoms with van der Waals surface area (Å²) >= 11 is 0. The molecule has 2 amide bonds. The molecule has 2 aliphatic rings. The molecule has 0 spiro atoms. The van der Waals surface area contributed by atoms with Gasteiger partial charge in [-0.2, -0.15) is 0 Å². The van der Waals surface area contributed by atoms with E-state index in [1.165, 1.54) is 0 Å². The molecule has 1 aliphatic heterocycles. The van der Waals surface area contributed by atoms with Gasteiger partial charge in [0.2, 0.25) is 5.91 Å². The van der Waals surface area contributed by atoms with Gasteiger partial charge in [0.05, 0.1) is 12.8 Å². The van der Waals surface area contributed by atoms with Crippen molar-refractivity contribution in [2.24, 2.45) is 16.8 Å². The summed E-state index contributed by atoms with van der Waals surface area (Å²) in [6.07, 6.45) is 7.13. The van der Waals surface area contributed by atoms with Crippen molar-refractivity contribution in [2.75, 3.05) is 13.7 Å². The van der Waals surface area contributed by atoms with Gasteiger partial charge in [-0.15, -0.1) is 0 Å². The third kappa shape index (κ3) is 4.53. The Morgan fingerprint density at radius 1 is 1.26 bits per heavy atom. The second kappa shape index (κ2) is 8.03. The molecule has 6 nitrogen and oxygen atoms in total. The second-order valence-corrected chi connectivity index (χ2v) is 6.62. The van der Waals surface area contributed by atoms with Crippen molar-refractivity contribution in [3.8, 4) is 11.5 Å². The number of nitrogens with zero attached hydrogens (tertiary/aromatic N) is 1. The molecule has 1 aliphatic carbocycles. The Hall–Kier alpha value is -3.15. The molecule has 1 N–H and O–H groups in total. The lowest BCUT2D eigenvalue weighted by Crippen LogP contribution is -2.34. The summed E-state index contributed by atoms with van der Waals surface area (Å²) in [5.41, 5.74) is 2.28. The van der Waals surface area contributed by atoms with Gasteiger partial charge < -0.3 is 14.8 Å². The Morgan fingerprint density at radius 2 is 2.04 bits per heavy atom. The summed E-state index contributed by atoms with van der Waals surface area (Å²) < 4.78 is 10.6. The Bertz CT molecular complexity index is 878. The number of ether oxygens (including phenoxy) is 2. The molecule has 1 atom stereocenters. The molecule has 1 unspecified atom stereocenters. The van der Waals surface area contributed by atoms with E-state index in [4.69, 9.17) is 9.47 Å². The number of fused-ring (bicyclic) bond motifs is 1. The molecule has 1 aromatic rings. The Morgan fingerprint density at radius 3 is 2.78 bits per heavy atom. The van der Waals surface area contributed by atoms with Crippen LogP contribution in [0.25, 0.3) is 0 Å². The predicted molar refractivity (Wildman–Crippen MR) is 103 cm³/mol. The average Bonchev–Trinajstić information content (AvgIpc) is 2.65. The number of rotatable bonds is 5. The van der Waals surface area contributed by atoms with E-state index in [0.29, 0.717) is 17.2 Å². The van der Waals surface area contributed by atoms with Crippen LogP contribution in [0.4, 0.5) is 0 Å². The number of aliphatic imine (C=N–C) groups is 1. The molecule has 0 bridgehead atoms. The van der Waals surface area contributed by atoms with Crippen molar-refractivity contribution in [1.29, 1.82) is 0 Å². The molecule has 0 aromatic heterocycles. The summed E-state index contributed by atoms with van der Waals surface area (Å²) in [5.74, 6) is 0.902. The van der Waals surface area contributed by atoms with Crippen LogP contribution in [0.1, 0.15) is 13.8 Å². The number of carbonyl (C=O) groups is 2. The highest BCUT2D eigenvalue weighted by Crippen LogP contribution is 2.31. The average molecular weight is 366 g/mol. The lowest BCUT2D eigenvalue weighted by molar-refractivity contribution is -0.119. The highest BCUT2D eigenvalue weighted by atomic mass is 16.5. The van der Waals surface area contributed by atoms with Gasteiger partial charge in [0.15, 0.2) is 6.61 Å². The first-order valence-corrected chi connectivity index (χ1v) is 8.77. The van der Waals surface area contributed by atoms with Crippen molar-refractivity contribution in [1.82, 2.24) is 5.32 Å². The van der Waals surface area contributed by atoms with E-state index in [2.05, 4.69) is 24.2 Å². The van der Waals surface area contributed by atoms with Crippen LogP contribution >= 0.6 is 0 Å². The zero-order valence-electron chi connectivity index (χ0n) is 15.6. The van der Waals surface area contributed by atoms with Crippen molar-refractivity contribution in [2.45, 2.75) is 13.8 Å². The molecular weight excluding hydrogens is 344 g/mol. The first kappa shape index (κ1) is 18.6. The summed E-state index contributed by atoms with van der Waals surface area (Å²) in [6, 6.07) is 7.02. The lowest BCUT2D eigenvalue weighted by Gasteiger charge is -2.29. The van der Waals surface area contributed by atoms with Crippen molar-refractivity contribution in [3.63, 3.8) is 0 Å². The van der Waals surface area contributed by atoms with Crippen LogP contribution < -0.4 is 14.8 Å². The minimum absolute atomic E-state index is 0.0183. The fraction of sp³-hybridized carbons (Fsp3) is 0.286. The van der Waals surface area contributed by atoms with Crippen LogP contribution in [0.15, 0.2) is 64.8 Å². The summed E-state index contributed by atoms with van der Waals surface area (Å²) in [5, 5.41) is 2.83. The molecule has 0 saturated carbocycles. The minimum atomic E-state index is -0.408. The van der Waals surface area contributed by atoms with E-state index in [0.717, 1.165) is 11.3 Å². The number of hydrogen-bond acceptors (Lipinski definition) is 4. The maximum atomic E-state index is 12.1.